The van der Waals surface area contributed by atoms with E-state index in [2.05, 4.69) is 46.8 Å². The summed E-state index contributed by atoms with van der Waals surface area (Å²) in [4.78, 5) is 31.1. The van der Waals surface area contributed by atoms with Crippen molar-refractivity contribution in [3.63, 3.8) is 0 Å². The summed E-state index contributed by atoms with van der Waals surface area (Å²) in [6, 6.07) is 6.25. The Kier molecular flexibility index (Phi) is 6.36. The van der Waals surface area contributed by atoms with Gasteiger partial charge in [0.1, 0.15) is 11.9 Å². The molecule has 1 saturated carbocycles. The van der Waals surface area contributed by atoms with Gasteiger partial charge in [-0.05, 0) is 63.6 Å². The second-order valence-corrected chi connectivity index (χ2v) is 13.2. The van der Waals surface area contributed by atoms with Crippen LogP contribution in [0.1, 0.15) is 69.1 Å². The average Bonchev–Trinajstić information content (AvgIpc) is 3.20. The number of ether oxygens (including phenoxy) is 1. The molecule has 2 saturated heterocycles. The minimum Gasteiger partial charge on any atom is -0.474 e. The van der Waals surface area contributed by atoms with Crippen molar-refractivity contribution in [1.82, 2.24) is 29.6 Å². The molecule has 3 aromatic heterocycles. The Morgan fingerprint density at radius 1 is 1.15 bits per heavy atom. The van der Waals surface area contributed by atoms with Gasteiger partial charge in [-0.25, -0.2) is 14.6 Å². The monoisotopic (exact) mass is 544 g/mol. The molecule has 10 nitrogen and oxygen atoms in total. The Bertz CT molecular complexity index is 1400. The van der Waals surface area contributed by atoms with E-state index in [1.165, 1.54) is 0 Å². The van der Waals surface area contributed by atoms with Crippen LogP contribution in [0.2, 0.25) is 0 Å². The first-order chi connectivity index (χ1) is 18.9. The number of amides is 1. The number of hydrogen-bond acceptors (Lipinski definition) is 8. The molecule has 3 aromatic rings. The zero-order valence-electron chi connectivity index (χ0n) is 24.3. The summed E-state index contributed by atoms with van der Waals surface area (Å²) in [6.45, 7) is 15.1. The van der Waals surface area contributed by atoms with E-state index >= 15 is 0 Å². The van der Waals surface area contributed by atoms with Crippen molar-refractivity contribution in [3.8, 4) is 11.8 Å². The first-order valence-electron chi connectivity index (χ1n) is 14.3. The maximum Gasteiger partial charge on any atom is 0.257 e. The van der Waals surface area contributed by atoms with Gasteiger partial charge in [0.2, 0.25) is 11.8 Å². The summed E-state index contributed by atoms with van der Waals surface area (Å²) in [5.74, 6) is 2.59. The minimum absolute atomic E-state index is 0.0140. The van der Waals surface area contributed by atoms with Crippen molar-refractivity contribution >= 4 is 11.7 Å². The smallest absolute Gasteiger partial charge is 0.257 e. The number of aryl methyl sites for hydroxylation is 1. The molecule has 6 rings (SSSR count). The van der Waals surface area contributed by atoms with Crippen molar-refractivity contribution < 1.29 is 9.53 Å². The van der Waals surface area contributed by atoms with Crippen LogP contribution in [0.5, 0.6) is 5.88 Å². The van der Waals surface area contributed by atoms with Gasteiger partial charge in [0.15, 0.2) is 0 Å². The fourth-order valence-electron chi connectivity index (χ4n) is 6.37. The first kappa shape index (κ1) is 26.7. The van der Waals surface area contributed by atoms with E-state index < -0.39 is 5.54 Å². The molecule has 3 aliphatic rings. The number of likely N-dealkylation sites (tertiary alicyclic amines) is 1. The van der Waals surface area contributed by atoms with Crippen LogP contribution < -0.4 is 15.4 Å². The predicted molar refractivity (Wildman–Crippen MR) is 152 cm³/mol. The van der Waals surface area contributed by atoms with Crippen molar-refractivity contribution in [2.75, 3.05) is 24.5 Å². The molecule has 212 valence electrons. The summed E-state index contributed by atoms with van der Waals surface area (Å²) in [7, 11) is 0. The molecule has 1 aliphatic carbocycles. The molecular weight excluding hydrogens is 504 g/mol. The van der Waals surface area contributed by atoms with Crippen LogP contribution in [0, 0.1) is 24.2 Å². The number of hydrogen-bond donors (Lipinski definition) is 1. The lowest BCUT2D eigenvalue weighted by Crippen LogP contribution is -2.44. The third kappa shape index (κ3) is 5.05. The van der Waals surface area contributed by atoms with Crippen molar-refractivity contribution in [2.45, 2.75) is 72.1 Å². The quantitative estimate of drug-likeness (QED) is 0.499. The normalized spacial score (nSPS) is 25.6. The predicted octanol–water partition coefficient (Wildman–Crippen LogP) is 3.72. The number of nitrogens with zero attached hydrogens (tertiary/aromatic N) is 7. The van der Waals surface area contributed by atoms with Crippen molar-refractivity contribution in [3.05, 3.63) is 53.6 Å². The van der Waals surface area contributed by atoms with Gasteiger partial charge in [0.05, 0.1) is 11.3 Å². The molecule has 1 amide bonds. The second kappa shape index (κ2) is 9.54. The van der Waals surface area contributed by atoms with Crippen LogP contribution in [-0.4, -0.2) is 67.3 Å². The van der Waals surface area contributed by atoms with Crippen LogP contribution in [0.4, 0.5) is 5.82 Å². The van der Waals surface area contributed by atoms with Crippen molar-refractivity contribution in [1.29, 1.82) is 0 Å². The van der Waals surface area contributed by atoms with Crippen molar-refractivity contribution in [2.24, 2.45) is 23.0 Å². The molecule has 0 radical (unpaired) electrons. The Labute approximate surface area is 235 Å². The summed E-state index contributed by atoms with van der Waals surface area (Å²) in [6.07, 6.45) is 7.34. The number of nitrogens with two attached hydrogens (primary N) is 1. The molecule has 0 spiro atoms. The van der Waals surface area contributed by atoms with Gasteiger partial charge in [0.25, 0.3) is 5.91 Å². The van der Waals surface area contributed by atoms with Gasteiger partial charge in [-0.3, -0.25) is 4.79 Å². The highest BCUT2D eigenvalue weighted by Crippen LogP contribution is 2.48. The van der Waals surface area contributed by atoms with Gasteiger partial charge in [-0.2, -0.15) is 10.1 Å². The molecule has 40 heavy (non-hydrogen) atoms. The fourth-order valence-corrected chi connectivity index (χ4v) is 6.37. The van der Waals surface area contributed by atoms with Gasteiger partial charge in [0, 0.05) is 67.7 Å². The molecule has 10 heteroatoms. The maximum absolute atomic E-state index is 13.4. The van der Waals surface area contributed by atoms with Gasteiger partial charge in [-0.1, -0.05) is 13.8 Å². The lowest BCUT2D eigenvalue weighted by Gasteiger charge is -2.43. The van der Waals surface area contributed by atoms with Crippen LogP contribution in [-0.2, 0) is 5.54 Å². The second-order valence-electron chi connectivity index (χ2n) is 13.2. The zero-order chi connectivity index (χ0) is 28.4. The van der Waals surface area contributed by atoms with Crippen LogP contribution in [0.15, 0.2) is 36.8 Å². The Morgan fingerprint density at radius 2 is 1.85 bits per heavy atom. The topological polar surface area (TPSA) is 115 Å². The van der Waals surface area contributed by atoms with Gasteiger partial charge < -0.3 is 20.3 Å². The molecule has 4 atom stereocenters. The highest BCUT2D eigenvalue weighted by atomic mass is 16.5. The highest BCUT2D eigenvalue weighted by Gasteiger charge is 2.59. The lowest BCUT2D eigenvalue weighted by molar-refractivity contribution is 0.0751. The van der Waals surface area contributed by atoms with E-state index in [1.54, 1.807) is 29.3 Å². The number of rotatable bonds is 6. The van der Waals surface area contributed by atoms with Gasteiger partial charge in [-0.15, -0.1) is 0 Å². The fraction of sp³-hybridized carbons (Fsp3) is 0.567. The third-order valence-corrected chi connectivity index (χ3v) is 8.78. The molecule has 0 bridgehead atoms. The number of pyridine rings is 1. The average molecular weight is 545 g/mol. The van der Waals surface area contributed by atoms with E-state index in [0.717, 1.165) is 30.8 Å². The van der Waals surface area contributed by atoms with E-state index in [4.69, 9.17) is 15.5 Å². The molecule has 5 heterocycles. The SMILES string of the molecule is Cc1nn(-c2ncccn2)cc1C(=O)N1CC2C(Oc3cc(C(C)(C)N)cc(N4CCC(C)(C)CC4C)n3)[C@@H]2C1. The lowest BCUT2D eigenvalue weighted by atomic mass is 9.79. The number of aromatic nitrogens is 5. The molecule has 2 N–H and O–H groups in total. The Morgan fingerprint density at radius 3 is 2.50 bits per heavy atom. The maximum atomic E-state index is 13.4. The standard InChI is InChI=1S/C30H40N8O2/c1-18-14-29(3,4)8-11-37(18)24-12-20(30(5,6)31)13-25(34-24)40-26-22-15-36(16-23(22)26)27(39)21-17-38(35-19(21)2)28-32-9-7-10-33-28/h7,9-10,12-13,17-18,22-23,26H,8,11,14-16,31H2,1-6H3/t18?,22-,23?,26?/m1/s1. The van der Waals surface area contributed by atoms with E-state index in [0.29, 0.717) is 59.5 Å². The third-order valence-electron chi connectivity index (χ3n) is 8.78. The molecule has 3 fully saturated rings. The van der Waals surface area contributed by atoms with Crippen LogP contribution >= 0.6 is 0 Å². The summed E-state index contributed by atoms with van der Waals surface area (Å²) < 4.78 is 8.05. The highest BCUT2D eigenvalue weighted by molar-refractivity contribution is 5.95. The number of piperidine rings is 2. The molecule has 0 aromatic carbocycles. The molecular formula is C30H40N8O2. The van der Waals surface area contributed by atoms with E-state index in [-0.39, 0.29) is 12.0 Å². The summed E-state index contributed by atoms with van der Waals surface area (Å²) in [5.41, 5.74) is 8.62. The first-order valence-corrected chi connectivity index (χ1v) is 14.3. The number of carbonyl (C=O) groups excluding carboxylic acids is 1. The number of fused-ring (bicyclic) bond motifs is 1. The zero-order valence-corrected chi connectivity index (χ0v) is 24.3. The molecule has 3 unspecified atom stereocenters. The summed E-state index contributed by atoms with van der Waals surface area (Å²) in [5, 5.41) is 4.46. The van der Waals surface area contributed by atoms with Crippen LogP contribution in [0.25, 0.3) is 5.95 Å². The molecule has 2 aliphatic heterocycles. The largest absolute Gasteiger partial charge is 0.474 e. The van der Waals surface area contributed by atoms with E-state index in [1.807, 2.05) is 31.7 Å². The van der Waals surface area contributed by atoms with E-state index in [9.17, 15) is 4.79 Å². The van der Waals surface area contributed by atoms with Crippen LogP contribution in [0.3, 0.4) is 0 Å². The Balaban J connectivity index is 1.14. The Hall–Kier alpha value is -3.53. The number of carbonyl (C=O) groups is 1. The number of anilines is 1. The minimum atomic E-state index is -0.510. The van der Waals surface area contributed by atoms with Gasteiger partial charge >= 0.3 is 0 Å². The summed E-state index contributed by atoms with van der Waals surface area (Å²) >= 11 is 0.